The largest absolute Gasteiger partial charge is 0.472 e. The average molecular weight is 503 g/mol. The van der Waals surface area contributed by atoms with Crippen LogP contribution in [-0.4, -0.2) is 57.0 Å². The third-order valence-electron chi connectivity index (χ3n) is 6.57. The first-order chi connectivity index (χ1) is 16.9. The Hall–Kier alpha value is -2.98. The number of aromatic nitrogens is 5. The molecule has 5 rings (SSSR count). The van der Waals surface area contributed by atoms with Crippen LogP contribution >= 0.6 is 11.6 Å². The summed E-state index contributed by atoms with van der Waals surface area (Å²) in [6.45, 7) is 8.71. The van der Waals surface area contributed by atoms with Crippen LogP contribution in [0.4, 0.5) is 10.1 Å². The zero-order valence-corrected chi connectivity index (χ0v) is 20.8. The second-order valence-electron chi connectivity index (χ2n) is 9.03. The summed E-state index contributed by atoms with van der Waals surface area (Å²) in [5.74, 6) is -0.0825. The Bertz CT molecular complexity index is 1310. The normalized spacial score (nSPS) is 18.2. The van der Waals surface area contributed by atoms with Crippen LogP contribution in [0.1, 0.15) is 37.2 Å². The molecule has 35 heavy (non-hydrogen) atoms. The zero-order chi connectivity index (χ0) is 24.7. The minimum Gasteiger partial charge on any atom is -0.472 e. The van der Waals surface area contributed by atoms with Crippen LogP contribution in [0, 0.1) is 19.7 Å². The van der Waals surface area contributed by atoms with E-state index in [0.717, 1.165) is 23.4 Å². The fourth-order valence-corrected chi connectivity index (χ4v) is 4.98. The van der Waals surface area contributed by atoms with Gasteiger partial charge in [0.2, 0.25) is 5.88 Å². The minimum absolute atomic E-state index is 0.163. The van der Waals surface area contributed by atoms with E-state index in [4.69, 9.17) is 21.1 Å². The van der Waals surface area contributed by atoms with Crippen LogP contribution in [-0.2, 0) is 11.3 Å². The number of pyridine rings is 1. The second-order valence-corrected chi connectivity index (χ2v) is 9.41. The van der Waals surface area contributed by atoms with Gasteiger partial charge in [-0.2, -0.15) is 10.2 Å². The van der Waals surface area contributed by atoms with Crippen molar-refractivity contribution < 1.29 is 13.9 Å². The molecule has 0 unspecified atom stereocenters. The van der Waals surface area contributed by atoms with Gasteiger partial charge in [-0.3, -0.25) is 9.48 Å². The van der Waals surface area contributed by atoms with Gasteiger partial charge in [0.25, 0.3) is 5.56 Å². The van der Waals surface area contributed by atoms with Crippen molar-refractivity contribution in [3.63, 3.8) is 0 Å². The van der Waals surface area contributed by atoms with Crippen LogP contribution in [0.2, 0.25) is 5.02 Å². The van der Waals surface area contributed by atoms with E-state index in [-0.39, 0.29) is 22.7 Å². The predicted octanol–water partition coefficient (Wildman–Crippen LogP) is 3.55. The van der Waals surface area contributed by atoms with Gasteiger partial charge in [-0.15, -0.1) is 0 Å². The molecule has 0 amide bonds. The summed E-state index contributed by atoms with van der Waals surface area (Å²) in [5.41, 5.74) is 3.11. The second kappa shape index (κ2) is 9.58. The summed E-state index contributed by atoms with van der Waals surface area (Å²) in [5, 5.41) is 9.02. The van der Waals surface area contributed by atoms with Crippen LogP contribution in [0.15, 0.2) is 23.3 Å². The van der Waals surface area contributed by atoms with Crippen LogP contribution < -0.4 is 15.2 Å². The maximum atomic E-state index is 14.8. The third-order valence-corrected chi connectivity index (χ3v) is 6.92. The highest BCUT2D eigenvalue weighted by atomic mass is 35.5. The van der Waals surface area contributed by atoms with E-state index in [2.05, 4.69) is 15.2 Å². The molecule has 5 heterocycles. The molecule has 9 nitrogen and oxygen atoms in total. The number of hydrogen-bond donors (Lipinski definition) is 0. The van der Waals surface area contributed by atoms with E-state index in [9.17, 15) is 9.18 Å². The van der Waals surface area contributed by atoms with Gasteiger partial charge in [-0.1, -0.05) is 18.5 Å². The fourth-order valence-electron chi connectivity index (χ4n) is 4.71. The van der Waals surface area contributed by atoms with Gasteiger partial charge in [-0.05, 0) is 20.3 Å². The Kier molecular flexibility index (Phi) is 6.50. The molecule has 2 aliphatic rings. The molecule has 0 N–H and O–H groups in total. The number of aryl methyl sites for hydroxylation is 2. The maximum absolute atomic E-state index is 14.8. The van der Waals surface area contributed by atoms with Crippen LogP contribution in [0.5, 0.6) is 5.88 Å². The standard InChI is InChI=1S/C24H28ClFN6O3/c1-4-6-31-24(33)23(25)20(10-28-31)30-7-5-17(11-30)35-21-8-18(19(26)9-27-21)22-14(2)29-32(15(22)3)16-12-34-13-16/h8-10,16-17H,4-7,11-13H2,1-3H3/t17-/m1/s1. The first-order valence-electron chi connectivity index (χ1n) is 11.8. The molecule has 3 aromatic rings. The summed E-state index contributed by atoms with van der Waals surface area (Å²) in [6, 6.07) is 1.81. The lowest BCUT2D eigenvalue weighted by Crippen LogP contribution is -2.32. The van der Waals surface area contributed by atoms with Gasteiger partial charge in [0.15, 0.2) is 0 Å². The Morgan fingerprint density at radius 1 is 1.29 bits per heavy atom. The number of halogens is 2. The van der Waals surface area contributed by atoms with Crippen molar-refractivity contribution in [2.45, 2.75) is 52.3 Å². The molecule has 0 aromatic carbocycles. The molecule has 0 aliphatic carbocycles. The molecule has 2 aliphatic heterocycles. The Morgan fingerprint density at radius 2 is 2.09 bits per heavy atom. The summed E-state index contributed by atoms with van der Waals surface area (Å²) in [4.78, 5) is 18.6. The van der Waals surface area contributed by atoms with E-state index in [1.807, 2.05) is 30.4 Å². The molecule has 0 spiro atoms. The zero-order valence-electron chi connectivity index (χ0n) is 20.0. The van der Waals surface area contributed by atoms with Crippen molar-refractivity contribution in [2.75, 3.05) is 31.2 Å². The van der Waals surface area contributed by atoms with Gasteiger partial charge >= 0.3 is 0 Å². The van der Waals surface area contributed by atoms with E-state index in [1.165, 1.54) is 10.9 Å². The smallest absolute Gasteiger partial charge is 0.287 e. The lowest BCUT2D eigenvalue weighted by atomic mass is 10.0. The number of nitrogens with zero attached hydrogens (tertiary/aromatic N) is 6. The van der Waals surface area contributed by atoms with Gasteiger partial charge in [-0.25, -0.2) is 14.1 Å². The molecule has 0 radical (unpaired) electrons. The van der Waals surface area contributed by atoms with Crippen molar-refractivity contribution in [1.82, 2.24) is 24.5 Å². The van der Waals surface area contributed by atoms with Gasteiger partial charge in [0.1, 0.15) is 16.9 Å². The number of rotatable bonds is 7. The van der Waals surface area contributed by atoms with E-state index < -0.39 is 5.82 Å². The van der Waals surface area contributed by atoms with E-state index in [0.29, 0.717) is 56.4 Å². The number of anilines is 1. The lowest BCUT2D eigenvalue weighted by molar-refractivity contribution is -0.0295. The van der Waals surface area contributed by atoms with Crippen molar-refractivity contribution in [3.05, 3.63) is 51.0 Å². The fraction of sp³-hybridized carbons (Fsp3) is 0.500. The molecular formula is C24H28ClFN6O3. The van der Waals surface area contributed by atoms with Crippen molar-refractivity contribution >= 4 is 17.3 Å². The molecule has 2 saturated heterocycles. The van der Waals surface area contributed by atoms with Gasteiger partial charge in [0.05, 0.1) is 49.6 Å². The minimum atomic E-state index is -0.425. The topological polar surface area (TPSA) is 87.3 Å². The van der Waals surface area contributed by atoms with Crippen molar-refractivity contribution in [3.8, 4) is 17.0 Å². The highest BCUT2D eigenvalue weighted by Crippen LogP contribution is 2.34. The molecular weight excluding hydrogens is 475 g/mol. The van der Waals surface area contributed by atoms with Gasteiger partial charge in [0, 0.05) is 42.4 Å². The number of ether oxygens (including phenoxy) is 2. The summed E-state index contributed by atoms with van der Waals surface area (Å²) in [7, 11) is 0. The Labute approximate surface area is 207 Å². The lowest BCUT2D eigenvalue weighted by Gasteiger charge is -2.27. The van der Waals surface area contributed by atoms with Crippen molar-refractivity contribution in [1.29, 1.82) is 0 Å². The molecule has 0 bridgehead atoms. The van der Waals surface area contributed by atoms with Crippen molar-refractivity contribution in [2.24, 2.45) is 0 Å². The Balaban J connectivity index is 1.34. The maximum Gasteiger partial charge on any atom is 0.287 e. The molecule has 3 aromatic heterocycles. The average Bonchev–Trinajstić information content (AvgIpc) is 3.36. The first-order valence-corrected chi connectivity index (χ1v) is 12.2. The molecule has 11 heteroatoms. The summed E-state index contributed by atoms with van der Waals surface area (Å²) in [6.07, 6.45) is 4.14. The third kappa shape index (κ3) is 4.40. The number of hydrogen-bond acceptors (Lipinski definition) is 7. The molecule has 2 fully saturated rings. The highest BCUT2D eigenvalue weighted by Gasteiger charge is 2.29. The monoisotopic (exact) mass is 502 g/mol. The molecule has 1 atom stereocenters. The first kappa shape index (κ1) is 23.7. The highest BCUT2D eigenvalue weighted by molar-refractivity contribution is 6.33. The quantitative estimate of drug-likeness (QED) is 0.488. The van der Waals surface area contributed by atoms with Gasteiger partial charge < -0.3 is 14.4 Å². The van der Waals surface area contributed by atoms with Crippen LogP contribution in [0.25, 0.3) is 11.1 Å². The van der Waals surface area contributed by atoms with E-state index in [1.54, 1.807) is 12.3 Å². The molecule has 186 valence electrons. The summed E-state index contributed by atoms with van der Waals surface area (Å²) < 4.78 is 29.6. The Morgan fingerprint density at radius 3 is 2.80 bits per heavy atom. The summed E-state index contributed by atoms with van der Waals surface area (Å²) >= 11 is 6.37. The SMILES string of the molecule is CCCn1ncc(N2CC[C@@H](Oc3cc(-c4c(C)nn(C5COC5)c4C)c(F)cn3)C2)c(Cl)c1=O. The molecule has 0 saturated carbocycles. The van der Waals surface area contributed by atoms with Crippen LogP contribution in [0.3, 0.4) is 0 Å². The predicted molar refractivity (Wildman–Crippen MR) is 130 cm³/mol. The van der Waals surface area contributed by atoms with E-state index >= 15 is 0 Å².